The molecule has 0 aromatic heterocycles. The van der Waals surface area contributed by atoms with Crippen molar-refractivity contribution in [1.82, 2.24) is 0 Å². The van der Waals surface area contributed by atoms with Crippen LogP contribution >= 0.6 is 11.6 Å². The fraction of sp³-hybridized carbons (Fsp3) is 0.647. The molecular formula is C17H24ClFO. The average molecular weight is 299 g/mol. The van der Waals surface area contributed by atoms with Crippen LogP contribution in [0, 0.1) is 17.2 Å². The smallest absolute Gasteiger partial charge is 0.141 e. The maximum Gasteiger partial charge on any atom is 0.141 e. The molecule has 1 N–H and O–H groups in total. The van der Waals surface area contributed by atoms with Gasteiger partial charge >= 0.3 is 0 Å². The minimum absolute atomic E-state index is 0.0684. The van der Waals surface area contributed by atoms with Gasteiger partial charge in [-0.15, -0.1) is 0 Å². The van der Waals surface area contributed by atoms with E-state index in [1.165, 1.54) is 12.5 Å². The van der Waals surface area contributed by atoms with Crippen molar-refractivity contribution in [2.24, 2.45) is 11.3 Å². The van der Waals surface area contributed by atoms with Gasteiger partial charge in [0, 0.05) is 6.42 Å². The molecule has 0 saturated heterocycles. The van der Waals surface area contributed by atoms with Gasteiger partial charge in [-0.1, -0.05) is 51.3 Å². The highest BCUT2D eigenvalue weighted by atomic mass is 35.5. The Balaban J connectivity index is 2.25. The Kier molecular flexibility index (Phi) is 4.46. The molecule has 2 atom stereocenters. The van der Waals surface area contributed by atoms with Crippen LogP contribution < -0.4 is 0 Å². The average Bonchev–Trinajstić information content (AvgIpc) is 2.32. The Bertz CT molecular complexity index is 480. The Morgan fingerprint density at radius 3 is 2.65 bits per heavy atom. The number of halogens is 2. The number of hydrogen-bond acceptors (Lipinski definition) is 1. The Hall–Kier alpha value is -0.600. The first-order valence-electron chi connectivity index (χ1n) is 7.39. The molecule has 20 heavy (non-hydrogen) atoms. The standard InChI is InChI=1S/C17H24ClFO/c1-16(2,3)15-6-4-5-9-17(15,20)11-12-7-8-14(19)13(18)10-12/h7-8,10,15,20H,4-6,9,11H2,1-3H3. The van der Waals surface area contributed by atoms with Gasteiger partial charge in [-0.2, -0.15) is 0 Å². The maximum atomic E-state index is 13.2. The largest absolute Gasteiger partial charge is 0.389 e. The van der Waals surface area contributed by atoms with Crippen LogP contribution in [0.15, 0.2) is 18.2 Å². The summed E-state index contributed by atoms with van der Waals surface area (Å²) in [6, 6.07) is 4.76. The van der Waals surface area contributed by atoms with Crippen LogP contribution in [0.2, 0.25) is 5.02 Å². The molecule has 0 spiro atoms. The monoisotopic (exact) mass is 298 g/mol. The molecule has 2 rings (SSSR count). The molecule has 1 fully saturated rings. The lowest BCUT2D eigenvalue weighted by atomic mass is 9.62. The van der Waals surface area contributed by atoms with E-state index in [9.17, 15) is 9.50 Å². The van der Waals surface area contributed by atoms with Gasteiger partial charge in [-0.3, -0.25) is 0 Å². The summed E-state index contributed by atoms with van der Waals surface area (Å²) >= 11 is 5.85. The second-order valence-electron chi connectivity index (χ2n) is 7.19. The molecule has 1 aromatic carbocycles. The molecule has 1 aliphatic carbocycles. The van der Waals surface area contributed by atoms with E-state index >= 15 is 0 Å². The number of rotatable bonds is 2. The molecule has 112 valence electrons. The second-order valence-corrected chi connectivity index (χ2v) is 7.60. The fourth-order valence-electron chi connectivity index (χ4n) is 3.68. The third kappa shape index (κ3) is 3.35. The predicted octanol–water partition coefficient (Wildman–Crippen LogP) is 4.99. The first kappa shape index (κ1) is 15.8. The van der Waals surface area contributed by atoms with Crippen LogP contribution in [-0.2, 0) is 6.42 Å². The van der Waals surface area contributed by atoms with E-state index in [1.54, 1.807) is 12.1 Å². The molecule has 0 aliphatic heterocycles. The Labute approximate surface area is 126 Å². The van der Waals surface area contributed by atoms with E-state index in [-0.39, 0.29) is 16.4 Å². The van der Waals surface area contributed by atoms with Gasteiger partial charge in [0.1, 0.15) is 5.82 Å². The lowest BCUT2D eigenvalue weighted by Crippen LogP contribution is -2.48. The van der Waals surface area contributed by atoms with Crippen molar-refractivity contribution in [3.63, 3.8) is 0 Å². The second kappa shape index (κ2) is 5.65. The van der Waals surface area contributed by atoms with Crippen molar-refractivity contribution >= 4 is 11.6 Å². The minimum atomic E-state index is -0.711. The quantitative estimate of drug-likeness (QED) is 0.815. The van der Waals surface area contributed by atoms with Crippen molar-refractivity contribution in [2.75, 3.05) is 0 Å². The third-order valence-corrected chi connectivity index (χ3v) is 4.83. The summed E-state index contributed by atoms with van der Waals surface area (Å²) in [6.45, 7) is 6.56. The van der Waals surface area contributed by atoms with Crippen molar-refractivity contribution in [2.45, 2.75) is 58.5 Å². The number of hydrogen-bond donors (Lipinski definition) is 1. The number of aliphatic hydroxyl groups is 1. The molecule has 0 bridgehead atoms. The van der Waals surface area contributed by atoms with Crippen molar-refractivity contribution in [3.05, 3.63) is 34.6 Å². The zero-order chi connectivity index (χ0) is 15.0. The number of benzene rings is 1. The van der Waals surface area contributed by atoms with E-state index in [0.717, 1.165) is 24.8 Å². The first-order chi connectivity index (χ1) is 9.22. The summed E-state index contributed by atoms with van der Waals surface area (Å²) < 4.78 is 13.2. The summed E-state index contributed by atoms with van der Waals surface area (Å²) in [4.78, 5) is 0. The summed E-state index contributed by atoms with van der Waals surface area (Å²) in [7, 11) is 0. The molecule has 2 unspecified atom stereocenters. The molecular weight excluding hydrogens is 275 g/mol. The van der Waals surface area contributed by atoms with Crippen LogP contribution in [0.4, 0.5) is 4.39 Å². The van der Waals surface area contributed by atoms with Crippen LogP contribution in [0.5, 0.6) is 0 Å². The summed E-state index contributed by atoms with van der Waals surface area (Å²) in [6.07, 6.45) is 4.64. The van der Waals surface area contributed by atoms with Crippen molar-refractivity contribution < 1.29 is 9.50 Å². The van der Waals surface area contributed by atoms with E-state index in [2.05, 4.69) is 20.8 Å². The van der Waals surface area contributed by atoms with Gasteiger partial charge in [0.15, 0.2) is 0 Å². The summed E-state index contributed by atoms with van der Waals surface area (Å²) in [5.41, 5.74) is 0.270. The Morgan fingerprint density at radius 2 is 2.05 bits per heavy atom. The third-order valence-electron chi connectivity index (χ3n) is 4.54. The van der Waals surface area contributed by atoms with Gasteiger partial charge in [-0.05, 0) is 41.9 Å². The summed E-state index contributed by atoms with van der Waals surface area (Å²) in [5, 5.41) is 11.3. The molecule has 1 nitrogen and oxygen atoms in total. The SMILES string of the molecule is CC(C)(C)C1CCCCC1(O)Cc1ccc(F)c(Cl)c1. The van der Waals surface area contributed by atoms with E-state index in [1.807, 2.05) is 0 Å². The maximum absolute atomic E-state index is 13.2. The van der Waals surface area contributed by atoms with Crippen LogP contribution in [0.3, 0.4) is 0 Å². The highest BCUT2D eigenvalue weighted by Gasteiger charge is 2.44. The normalized spacial score (nSPS) is 27.6. The van der Waals surface area contributed by atoms with Gasteiger partial charge < -0.3 is 5.11 Å². The molecule has 0 radical (unpaired) electrons. The van der Waals surface area contributed by atoms with Crippen LogP contribution in [-0.4, -0.2) is 10.7 Å². The van der Waals surface area contributed by atoms with Crippen LogP contribution in [0.25, 0.3) is 0 Å². The summed E-state index contributed by atoms with van der Waals surface area (Å²) in [5.74, 6) is -0.147. The van der Waals surface area contributed by atoms with E-state index in [0.29, 0.717) is 6.42 Å². The zero-order valence-electron chi connectivity index (χ0n) is 12.5. The highest BCUT2D eigenvalue weighted by molar-refractivity contribution is 6.30. The molecule has 1 aliphatic rings. The topological polar surface area (TPSA) is 20.2 Å². The Morgan fingerprint density at radius 1 is 1.35 bits per heavy atom. The predicted molar refractivity (Wildman–Crippen MR) is 81.5 cm³/mol. The lowest BCUT2D eigenvalue weighted by Gasteiger charge is -2.47. The van der Waals surface area contributed by atoms with Crippen molar-refractivity contribution in [1.29, 1.82) is 0 Å². The lowest BCUT2D eigenvalue weighted by molar-refractivity contribution is -0.0889. The van der Waals surface area contributed by atoms with Gasteiger partial charge in [0.25, 0.3) is 0 Å². The van der Waals surface area contributed by atoms with E-state index < -0.39 is 11.4 Å². The van der Waals surface area contributed by atoms with Gasteiger partial charge in [0.05, 0.1) is 10.6 Å². The van der Waals surface area contributed by atoms with Gasteiger partial charge in [-0.25, -0.2) is 4.39 Å². The van der Waals surface area contributed by atoms with E-state index in [4.69, 9.17) is 11.6 Å². The van der Waals surface area contributed by atoms with Crippen LogP contribution in [0.1, 0.15) is 52.0 Å². The molecule has 1 aromatic rings. The first-order valence-corrected chi connectivity index (χ1v) is 7.76. The molecule has 0 heterocycles. The minimum Gasteiger partial charge on any atom is -0.389 e. The fourth-order valence-corrected chi connectivity index (χ4v) is 3.88. The van der Waals surface area contributed by atoms with Gasteiger partial charge in [0.2, 0.25) is 0 Å². The zero-order valence-corrected chi connectivity index (χ0v) is 13.3. The van der Waals surface area contributed by atoms with Crippen molar-refractivity contribution in [3.8, 4) is 0 Å². The molecule has 0 amide bonds. The molecule has 3 heteroatoms. The molecule has 1 saturated carbocycles. The highest BCUT2D eigenvalue weighted by Crippen LogP contribution is 2.46.